The molecule has 1 aromatic rings. The monoisotopic (exact) mass is 363 g/mol. The van der Waals surface area contributed by atoms with Crippen molar-refractivity contribution in [3.8, 4) is 0 Å². The van der Waals surface area contributed by atoms with Gasteiger partial charge in [-0.2, -0.15) is 5.11 Å². The Bertz CT molecular complexity index is 656. The van der Waals surface area contributed by atoms with Crippen molar-refractivity contribution in [3.63, 3.8) is 0 Å². The Morgan fingerprint density at radius 3 is 2.69 bits per heavy atom. The van der Waals surface area contributed by atoms with Crippen molar-refractivity contribution in [2.75, 3.05) is 20.3 Å². The minimum absolute atomic E-state index is 0.0595. The van der Waals surface area contributed by atoms with Gasteiger partial charge in [-0.3, -0.25) is 4.79 Å². The summed E-state index contributed by atoms with van der Waals surface area (Å²) in [6, 6.07) is 5.58. The van der Waals surface area contributed by atoms with Crippen LogP contribution in [0, 0.1) is 17.9 Å². The SMILES string of the molecule is CCN/C=C(/COC(c1ccc(C)c(CO)c1)C(C)(C)C(=O)OC)N=N. The van der Waals surface area contributed by atoms with Crippen LogP contribution in [0.2, 0.25) is 0 Å². The molecule has 1 unspecified atom stereocenters. The van der Waals surface area contributed by atoms with Crippen LogP contribution in [-0.2, 0) is 20.9 Å². The molecular weight excluding hydrogens is 334 g/mol. The first-order valence-electron chi connectivity index (χ1n) is 8.51. The number of aryl methyl sites for hydroxylation is 1. The molecule has 0 spiro atoms. The summed E-state index contributed by atoms with van der Waals surface area (Å²) in [6.07, 6.45) is 0.983. The molecule has 3 N–H and O–H groups in total. The molecule has 0 amide bonds. The first-order valence-corrected chi connectivity index (χ1v) is 8.51. The molecule has 1 rings (SSSR count). The molecule has 0 fully saturated rings. The van der Waals surface area contributed by atoms with Gasteiger partial charge in [0.2, 0.25) is 0 Å². The molecule has 0 saturated carbocycles. The number of aliphatic hydroxyl groups is 1. The van der Waals surface area contributed by atoms with E-state index in [0.29, 0.717) is 12.2 Å². The van der Waals surface area contributed by atoms with Crippen LogP contribution >= 0.6 is 0 Å². The van der Waals surface area contributed by atoms with E-state index < -0.39 is 17.5 Å². The van der Waals surface area contributed by atoms with Gasteiger partial charge >= 0.3 is 5.97 Å². The molecule has 0 bridgehead atoms. The topological polar surface area (TPSA) is 104 Å². The lowest BCUT2D eigenvalue weighted by Crippen LogP contribution is -2.34. The number of rotatable bonds is 10. The number of methoxy groups -OCH3 is 1. The van der Waals surface area contributed by atoms with Gasteiger partial charge in [0.25, 0.3) is 0 Å². The van der Waals surface area contributed by atoms with Crippen molar-refractivity contribution >= 4 is 5.97 Å². The number of esters is 1. The van der Waals surface area contributed by atoms with Gasteiger partial charge in [0.1, 0.15) is 5.70 Å². The van der Waals surface area contributed by atoms with Crippen molar-refractivity contribution in [1.29, 1.82) is 5.53 Å². The molecule has 0 aliphatic heterocycles. The van der Waals surface area contributed by atoms with E-state index in [0.717, 1.165) is 16.7 Å². The Balaban J connectivity index is 3.22. The zero-order valence-electron chi connectivity index (χ0n) is 16.1. The van der Waals surface area contributed by atoms with Crippen LogP contribution in [0.25, 0.3) is 0 Å². The fraction of sp³-hybridized carbons (Fsp3) is 0.526. The summed E-state index contributed by atoms with van der Waals surface area (Å²) < 4.78 is 10.9. The predicted molar refractivity (Wildman–Crippen MR) is 98.5 cm³/mol. The van der Waals surface area contributed by atoms with Crippen LogP contribution in [0.15, 0.2) is 35.2 Å². The fourth-order valence-corrected chi connectivity index (χ4v) is 2.61. The lowest BCUT2D eigenvalue weighted by molar-refractivity contribution is -0.160. The number of nitrogens with one attached hydrogen (secondary N) is 2. The van der Waals surface area contributed by atoms with Crippen LogP contribution in [0.3, 0.4) is 0 Å². The van der Waals surface area contributed by atoms with E-state index in [1.165, 1.54) is 7.11 Å². The molecule has 1 atom stereocenters. The zero-order chi connectivity index (χ0) is 19.7. The molecular formula is C19H29N3O4. The smallest absolute Gasteiger partial charge is 0.314 e. The average Bonchev–Trinajstić information content (AvgIpc) is 2.64. The fourth-order valence-electron chi connectivity index (χ4n) is 2.61. The van der Waals surface area contributed by atoms with Crippen LogP contribution in [0.4, 0.5) is 0 Å². The quantitative estimate of drug-likeness (QED) is 0.437. The molecule has 0 aliphatic carbocycles. The first kappa shape index (κ1) is 21.8. The number of hydrogen-bond donors (Lipinski definition) is 3. The van der Waals surface area contributed by atoms with E-state index in [-0.39, 0.29) is 13.2 Å². The number of aliphatic hydroxyl groups excluding tert-OH is 1. The number of ether oxygens (including phenoxy) is 2. The van der Waals surface area contributed by atoms with Gasteiger partial charge in [-0.25, -0.2) is 5.53 Å². The van der Waals surface area contributed by atoms with Crippen molar-refractivity contribution in [3.05, 3.63) is 46.8 Å². The highest BCUT2D eigenvalue weighted by molar-refractivity contribution is 5.77. The van der Waals surface area contributed by atoms with Crippen LogP contribution in [0.1, 0.15) is 43.6 Å². The van der Waals surface area contributed by atoms with Gasteiger partial charge in [-0.1, -0.05) is 18.2 Å². The van der Waals surface area contributed by atoms with Crippen LogP contribution in [-0.4, -0.2) is 31.3 Å². The molecule has 1 aromatic carbocycles. The van der Waals surface area contributed by atoms with E-state index in [2.05, 4.69) is 10.4 Å². The molecule has 7 nitrogen and oxygen atoms in total. The Morgan fingerprint density at radius 2 is 2.15 bits per heavy atom. The number of nitrogens with zero attached hydrogens (tertiary/aromatic N) is 1. The summed E-state index contributed by atoms with van der Waals surface area (Å²) in [4.78, 5) is 12.3. The third-order valence-electron chi connectivity index (χ3n) is 4.23. The Labute approximate surface area is 154 Å². The normalized spacial score (nSPS) is 13.2. The molecule has 7 heteroatoms. The highest BCUT2D eigenvalue weighted by Crippen LogP contribution is 2.38. The Hall–Kier alpha value is -2.25. The molecule has 144 valence electrons. The van der Waals surface area contributed by atoms with Gasteiger partial charge in [-0.05, 0) is 44.4 Å². The summed E-state index contributed by atoms with van der Waals surface area (Å²) in [5.41, 5.74) is 9.19. The second-order valence-corrected chi connectivity index (χ2v) is 6.55. The average molecular weight is 363 g/mol. The third kappa shape index (κ3) is 5.37. The zero-order valence-corrected chi connectivity index (χ0v) is 16.1. The molecule has 0 radical (unpaired) electrons. The summed E-state index contributed by atoms with van der Waals surface area (Å²) in [7, 11) is 1.34. The molecule has 26 heavy (non-hydrogen) atoms. The molecule has 0 saturated heterocycles. The van der Waals surface area contributed by atoms with Crippen molar-refractivity contribution in [2.24, 2.45) is 10.5 Å². The van der Waals surface area contributed by atoms with E-state index in [1.807, 2.05) is 32.0 Å². The lowest BCUT2D eigenvalue weighted by atomic mass is 9.81. The summed E-state index contributed by atoms with van der Waals surface area (Å²) in [5, 5.41) is 16.0. The second-order valence-electron chi connectivity index (χ2n) is 6.55. The number of hydrogen-bond acceptors (Lipinski definition) is 7. The predicted octanol–water partition coefficient (Wildman–Crippen LogP) is 3.23. The third-order valence-corrected chi connectivity index (χ3v) is 4.23. The van der Waals surface area contributed by atoms with Crippen molar-refractivity contribution in [2.45, 2.75) is 40.4 Å². The van der Waals surface area contributed by atoms with E-state index in [1.54, 1.807) is 20.0 Å². The van der Waals surface area contributed by atoms with Gasteiger partial charge in [-0.15, -0.1) is 0 Å². The lowest BCUT2D eigenvalue weighted by Gasteiger charge is -2.32. The van der Waals surface area contributed by atoms with E-state index >= 15 is 0 Å². The Morgan fingerprint density at radius 1 is 1.46 bits per heavy atom. The van der Waals surface area contributed by atoms with Crippen molar-refractivity contribution < 1.29 is 19.4 Å². The highest BCUT2D eigenvalue weighted by Gasteiger charge is 2.40. The van der Waals surface area contributed by atoms with Gasteiger partial charge < -0.3 is 19.9 Å². The van der Waals surface area contributed by atoms with Gasteiger partial charge in [0.05, 0.1) is 31.8 Å². The maximum atomic E-state index is 12.3. The van der Waals surface area contributed by atoms with Crippen molar-refractivity contribution in [1.82, 2.24) is 5.32 Å². The summed E-state index contributed by atoms with van der Waals surface area (Å²) >= 11 is 0. The van der Waals surface area contributed by atoms with Crippen LogP contribution < -0.4 is 5.32 Å². The number of benzene rings is 1. The first-order chi connectivity index (χ1) is 12.3. The summed E-state index contributed by atoms with van der Waals surface area (Å²) in [6.45, 7) is 8.00. The maximum absolute atomic E-state index is 12.3. The second kappa shape index (κ2) is 10.0. The van der Waals surface area contributed by atoms with Crippen LogP contribution in [0.5, 0.6) is 0 Å². The number of carbonyl (C=O) groups is 1. The van der Waals surface area contributed by atoms with Gasteiger partial charge in [0, 0.05) is 12.7 Å². The maximum Gasteiger partial charge on any atom is 0.314 e. The standard InChI is InChI=1S/C19H29N3O4/c1-6-21-10-16(22-20)12-26-17(19(3,4)18(24)25-5)14-8-7-13(2)15(9-14)11-23/h7-10,17,20-21,23H,6,11-12H2,1-5H3/b16-10-,22-20?. The largest absolute Gasteiger partial charge is 0.469 e. The van der Waals surface area contributed by atoms with E-state index in [4.69, 9.17) is 15.0 Å². The number of carbonyl (C=O) groups excluding carboxylic acids is 1. The molecule has 0 aliphatic rings. The van der Waals surface area contributed by atoms with Gasteiger partial charge in [0.15, 0.2) is 0 Å². The molecule has 0 aromatic heterocycles. The minimum Gasteiger partial charge on any atom is -0.469 e. The highest BCUT2D eigenvalue weighted by atomic mass is 16.5. The minimum atomic E-state index is -0.970. The molecule has 0 heterocycles. The Kier molecular flexibility index (Phi) is 8.41. The summed E-state index contributed by atoms with van der Waals surface area (Å²) in [5.74, 6) is -0.409. The van der Waals surface area contributed by atoms with E-state index in [9.17, 15) is 9.90 Å².